The zero-order valence-electron chi connectivity index (χ0n) is 15.2. The van der Waals surface area contributed by atoms with Crippen molar-refractivity contribution in [3.63, 3.8) is 0 Å². The zero-order valence-corrected chi connectivity index (χ0v) is 15.2. The van der Waals surface area contributed by atoms with Gasteiger partial charge in [-0.2, -0.15) is 0 Å². The molecule has 0 aromatic heterocycles. The number of carbonyl (C=O) groups excluding carboxylic acids is 2. The Hall–Kier alpha value is -1.95. The first-order valence-electron chi connectivity index (χ1n) is 9.68. The molecule has 0 bridgehead atoms. The van der Waals surface area contributed by atoms with E-state index in [4.69, 9.17) is 0 Å². The largest absolute Gasteiger partial charge is 0.335 e. The van der Waals surface area contributed by atoms with Gasteiger partial charge in [0.1, 0.15) is 5.82 Å². The van der Waals surface area contributed by atoms with Crippen molar-refractivity contribution in [2.24, 2.45) is 0 Å². The van der Waals surface area contributed by atoms with E-state index in [1.54, 1.807) is 0 Å². The van der Waals surface area contributed by atoms with E-state index in [0.717, 1.165) is 38.8 Å². The van der Waals surface area contributed by atoms with Gasteiger partial charge in [-0.3, -0.25) is 9.69 Å². The van der Waals surface area contributed by atoms with Crippen LogP contribution in [0.4, 0.5) is 9.18 Å². The summed E-state index contributed by atoms with van der Waals surface area (Å²) in [5.74, 6) is -0.327. The maximum absolute atomic E-state index is 12.9. The number of piperidine rings is 1. The Bertz CT molecular complexity index is 606. The lowest BCUT2D eigenvalue weighted by atomic mass is 9.96. The third-order valence-electron chi connectivity index (χ3n) is 5.40. The number of likely N-dealkylation sites (tertiary alicyclic amines) is 1. The van der Waals surface area contributed by atoms with Crippen molar-refractivity contribution in [1.82, 2.24) is 15.5 Å². The highest BCUT2D eigenvalue weighted by Gasteiger charge is 2.23. The van der Waals surface area contributed by atoms with Crippen molar-refractivity contribution in [2.75, 3.05) is 19.6 Å². The van der Waals surface area contributed by atoms with Crippen LogP contribution >= 0.6 is 0 Å². The van der Waals surface area contributed by atoms with Crippen LogP contribution in [0.1, 0.15) is 55.3 Å². The molecule has 2 fully saturated rings. The van der Waals surface area contributed by atoms with Crippen LogP contribution in [0.25, 0.3) is 0 Å². The lowest BCUT2D eigenvalue weighted by molar-refractivity contribution is 0.0904. The van der Waals surface area contributed by atoms with Crippen molar-refractivity contribution >= 4 is 11.8 Å². The molecule has 1 aromatic rings. The molecule has 0 atom stereocenters. The second kappa shape index (κ2) is 9.12. The van der Waals surface area contributed by atoms with E-state index < -0.39 is 0 Å². The smallest absolute Gasteiger partial charge is 0.315 e. The molecule has 1 saturated carbocycles. The maximum atomic E-state index is 12.9. The average Bonchev–Trinajstić information content (AvgIpc) is 2.64. The number of carbonyl (C=O) groups is 2. The minimum Gasteiger partial charge on any atom is -0.335 e. The van der Waals surface area contributed by atoms with Crippen molar-refractivity contribution in [2.45, 2.75) is 57.0 Å². The van der Waals surface area contributed by atoms with Crippen LogP contribution in [0, 0.1) is 5.82 Å². The minimum atomic E-state index is -0.333. The monoisotopic (exact) mass is 361 g/mol. The molecule has 5 nitrogen and oxygen atoms in total. The minimum absolute atomic E-state index is 0.00597. The van der Waals surface area contributed by atoms with E-state index >= 15 is 0 Å². The summed E-state index contributed by atoms with van der Waals surface area (Å²) in [6.45, 7) is 1.90. The highest BCUT2D eigenvalue weighted by atomic mass is 19.1. The Morgan fingerprint density at radius 1 is 0.923 bits per heavy atom. The summed E-state index contributed by atoms with van der Waals surface area (Å²) in [4.78, 5) is 26.5. The van der Waals surface area contributed by atoms with Crippen molar-refractivity contribution in [3.8, 4) is 0 Å². The Balaban J connectivity index is 1.37. The summed E-state index contributed by atoms with van der Waals surface area (Å²) >= 11 is 0. The van der Waals surface area contributed by atoms with Crippen molar-refractivity contribution < 1.29 is 14.0 Å². The molecular formula is C20H28FN3O2. The van der Waals surface area contributed by atoms with Crippen LogP contribution in [0.5, 0.6) is 0 Å². The number of hydrogen-bond donors (Lipinski definition) is 2. The van der Waals surface area contributed by atoms with E-state index in [9.17, 15) is 14.0 Å². The first-order chi connectivity index (χ1) is 12.6. The number of halogens is 1. The summed E-state index contributed by atoms with van der Waals surface area (Å²) in [5.41, 5.74) is 0.540. The van der Waals surface area contributed by atoms with Gasteiger partial charge in [0.25, 0.3) is 0 Å². The molecule has 26 heavy (non-hydrogen) atoms. The normalized spacial score (nSPS) is 19.9. The zero-order chi connectivity index (χ0) is 18.4. The molecule has 142 valence electrons. The van der Waals surface area contributed by atoms with Crippen molar-refractivity contribution in [3.05, 3.63) is 35.6 Å². The molecule has 2 aliphatic rings. The molecule has 2 amide bonds. The predicted octanol–water partition coefficient (Wildman–Crippen LogP) is 3.10. The van der Waals surface area contributed by atoms with E-state index in [2.05, 4.69) is 15.5 Å². The first kappa shape index (κ1) is 18.8. The van der Waals surface area contributed by atoms with Crippen LogP contribution < -0.4 is 10.6 Å². The number of ketones is 1. The van der Waals surface area contributed by atoms with Gasteiger partial charge in [0.15, 0.2) is 5.78 Å². The highest BCUT2D eigenvalue weighted by molar-refractivity contribution is 5.97. The number of nitrogens with one attached hydrogen (secondary N) is 2. The van der Waals surface area contributed by atoms with Crippen LogP contribution in [0.3, 0.4) is 0 Å². The standard InChI is InChI=1S/C20H28FN3O2/c21-16-8-6-15(7-9-16)19(25)14-24-12-10-18(11-13-24)23-20(26)22-17-4-2-1-3-5-17/h6-9,17-18H,1-5,10-14H2,(H2,22,23,26). The third-order valence-corrected chi connectivity index (χ3v) is 5.40. The van der Waals surface area contributed by atoms with Crippen molar-refractivity contribution in [1.29, 1.82) is 0 Å². The van der Waals surface area contributed by atoms with Crippen LogP contribution in [0.15, 0.2) is 24.3 Å². The fraction of sp³-hybridized carbons (Fsp3) is 0.600. The van der Waals surface area contributed by atoms with Gasteiger partial charge >= 0.3 is 6.03 Å². The summed E-state index contributed by atoms with van der Waals surface area (Å²) in [6, 6.07) is 6.11. The lowest BCUT2D eigenvalue weighted by Crippen LogP contribution is -2.50. The number of benzene rings is 1. The van der Waals surface area contributed by atoms with Gasteiger partial charge in [-0.1, -0.05) is 19.3 Å². The summed E-state index contributed by atoms with van der Waals surface area (Å²) in [7, 11) is 0. The number of hydrogen-bond acceptors (Lipinski definition) is 3. The summed E-state index contributed by atoms with van der Waals surface area (Å²) in [5, 5.41) is 6.16. The molecule has 3 rings (SSSR count). The lowest BCUT2D eigenvalue weighted by Gasteiger charge is -2.32. The van der Waals surface area contributed by atoms with E-state index in [0.29, 0.717) is 18.2 Å². The first-order valence-corrected chi connectivity index (χ1v) is 9.68. The molecular weight excluding hydrogens is 333 g/mol. The van der Waals surface area contributed by atoms with Gasteiger partial charge in [0.2, 0.25) is 0 Å². The van der Waals surface area contributed by atoms with E-state index in [1.807, 2.05) is 0 Å². The molecule has 2 N–H and O–H groups in total. The molecule has 0 radical (unpaired) electrons. The number of nitrogens with zero attached hydrogens (tertiary/aromatic N) is 1. The number of urea groups is 1. The molecule has 6 heteroatoms. The van der Waals surface area contributed by atoms with Gasteiger partial charge < -0.3 is 10.6 Å². The number of Topliss-reactive ketones (excluding diaryl/α,β-unsaturated/α-hetero) is 1. The highest BCUT2D eigenvalue weighted by Crippen LogP contribution is 2.17. The summed E-state index contributed by atoms with van der Waals surface area (Å²) < 4.78 is 12.9. The topological polar surface area (TPSA) is 61.4 Å². The fourth-order valence-corrected chi connectivity index (χ4v) is 3.82. The Labute approximate surface area is 154 Å². The van der Waals surface area contributed by atoms with Gasteiger partial charge in [-0.25, -0.2) is 9.18 Å². The molecule has 1 aromatic carbocycles. The molecule has 1 aliphatic carbocycles. The van der Waals surface area contributed by atoms with Crippen LogP contribution in [-0.2, 0) is 0 Å². The molecule has 0 spiro atoms. The van der Waals surface area contributed by atoms with Crippen LogP contribution in [0.2, 0.25) is 0 Å². The molecule has 1 saturated heterocycles. The third kappa shape index (κ3) is 5.53. The van der Waals surface area contributed by atoms with E-state index in [-0.39, 0.29) is 23.7 Å². The number of amides is 2. The number of rotatable bonds is 5. The Kier molecular flexibility index (Phi) is 6.61. The van der Waals surface area contributed by atoms with Gasteiger partial charge in [0, 0.05) is 30.7 Å². The Morgan fingerprint density at radius 3 is 2.12 bits per heavy atom. The molecule has 0 unspecified atom stereocenters. The second-order valence-corrected chi connectivity index (χ2v) is 7.43. The fourth-order valence-electron chi connectivity index (χ4n) is 3.82. The van der Waals surface area contributed by atoms with E-state index in [1.165, 1.54) is 43.5 Å². The average molecular weight is 361 g/mol. The Morgan fingerprint density at radius 2 is 1.50 bits per heavy atom. The predicted molar refractivity (Wildman–Crippen MR) is 98.7 cm³/mol. The van der Waals surface area contributed by atoms with Gasteiger partial charge in [-0.15, -0.1) is 0 Å². The molecule has 1 heterocycles. The SMILES string of the molecule is O=C(NC1CCCCC1)NC1CCN(CC(=O)c2ccc(F)cc2)CC1. The quantitative estimate of drug-likeness (QED) is 0.792. The second-order valence-electron chi connectivity index (χ2n) is 7.43. The van der Waals surface area contributed by atoms with Crippen LogP contribution in [-0.4, -0.2) is 48.4 Å². The maximum Gasteiger partial charge on any atom is 0.315 e. The molecule has 1 aliphatic heterocycles. The summed E-state index contributed by atoms with van der Waals surface area (Å²) in [6.07, 6.45) is 7.52. The van der Waals surface area contributed by atoms with Gasteiger partial charge in [-0.05, 0) is 49.9 Å². The van der Waals surface area contributed by atoms with Gasteiger partial charge in [0.05, 0.1) is 6.54 Å².